The first-order valence-electron chi connectivity index (χ1n) is 8.58. The number of hydrogen-bond acceptors (Lipinski definition) is 4. The molecular formula is C20H21FN2O4. The first-order chi connectivity index (χ1) is 13.0. The lowest BCUT2D eigenvalue weighted by atomic mass is 9.99. The van der Waals surface area contributed by atoms with Crippen molar-refractivity contribution in [3.8, 4) is 5.75 Å². The van der Waals surface area contributed by atoms with Crippen LogP contribution in [-0.4, -0.2) is 37.7 Å². The highest BCUT2D eigenvalue weighted by atomic mass is 19.1. The van der Waals surface area contributed by atoms with Gasteiger partial charge in [-0.3, -0.25) is 9.59 Å². The van der Waals surface area contributed by atoms with Crippen molar-refractivity contribution in [2.45, 2.75) is 19.1 Å². The first-order valence-corrected chi connectivity index (χ1v) is 8.58. The predicted molar refractivity (Wildman–Crippen MR) is 98.0 cm³/mol. The molecule has 0 radical (unpaired) electrons. The molecule has 3 rings (SSSR count). The molecule has 2 aromatic rings. The zero-order valence-electron chi connectivity index (χ0n) is 15.2. The van der Waals surface area contributed by atoms with Gasteiger partial charge in [-0.2, -0.15) is 0 Å². The Balaban J connectivity index is 1.95. The van der Waals surface area contributed by atoms with Crippen LogP contribution in [0.2, 0.25) is 0 Å². The molecule has 0 aromatic heterocycles. The SMILES string of the molecule is COCCNC(=O)[C@@]1(C)Oc2ccccc2N(Cc2ccccc2F)C1=O. The fraction of sp³-hybridized carbons (Fsp3) is 0.300. The predicted octanol–water partition coefficient (Wildman–Crippen LogP) is 2.27. The second-order valence-electron chi connectivity index (χ2n) is 6.33. The quantitative estimate of drug-likeness (QED) is 0.624. The number of nitrogens with zero attached hydrogens (tertiary/aromatic N) is 1. The smallest absolute Gasteiger partial charge is 0.281 e. The average Bonchev–Trinajstić information content (AvgIpc) is 2.67. The summed E-state index contributed by atoms with van der Waals surface area (Å²) < 4.78 is 24.8. The number of benzene rings is 2. The van der Waals surface area contributed by atoms with Crippen LogP contribution in [0.5, 0.6) is 5.75 Å². The third kappa shape index (κ3) is 3.64. The second kappa shape index (κ2) is 7.75. The van der Waals surface area contributed by atoms with Crippen LogP contribution in [0.15, 0.2) is 48.5 Å². The molecule has 2 aromatic carbocycles. The molecule has 1 aliphatic rings. The molecule has 0 saturated heterocycles. The molecule has 1 N–H and O–H groups in total. The Morgan fingerprint density at radius 3 is 2.67 bits per heavy atom. The number of ether oxygens (including phenoxy) is 2. The van der Waals surface area contributed by atoms with Crippen LogP contribution in [0.3, 0.4) is 0 Å². The Morgan fingerprint density at radius 1 is 1.22 bits per heavy atom. The largest absolute Gasteiger partial charge is 0.466 e. The summed E-state index contributed by atoms with van der Waals surface area (Å²) in [5.41, 5.74) is -0.912. The number of methoxy groups -OCH3 is 1. The molecule has 27 heavy (non-hydrogen) atoms. The second-order valence-corrected chi connectivity index (χ2v) is 6.33. The van der Waals surface area contributed by atoms with Crippen LogP contribution in [0.25, 0.3) is 0 Å². The Kier molecular flexibility index (Phi) is 5.41. The van der Waals surface area contributed by atoms with Crippen molar-refractivity contribution in [1.29, 1.82) is 0 Å². The molecule has 1 atom stereocenters. The third-order valence-corrected chi connectivity index (χ3v) is 4.43. The standard InChI is InChI=1S/C20H21FN2O4/c1-20(18(24)22-11-12-26-2)19(25)23(13-14-7-3-4-8-15(14)21)16-9-5-6-10-17(16)27-20/h3-10H,11-13H2,1-2H3,(H,22,24)/t20-/m1/s1. The van der Waals surface area contributed by atoms with E-state index in [2.05, 4.69) is 5.32 Å². The van der Waals surface area contributed by atoms with E-state index in [0.717, 1.165) is 0 Å². The van der Waals surface area contributed by atoms with Gasteiger partial charge in [-0.05, 0) is 25.1 Å². The van der Waals surface area contributed by atoms with Crippen molar-refractivity contribution in [2.24, 2.45) is 0 Å². The zero-order chi connectivity index (χ0) is 19.4. The normalized spacial score (nSPS) is 18.6. The minimum Gasteiger partial charge on any atom is -0.466 e. The molecule has 1 aliphatic heterocycles. The van der Waals surface area contributed by atoms with Gasteiger partial charge in [0.1, 0.15) is 11.6 Å². The van der Waals surface area contributed by atoms with E-state index in [1.165, 1.54) is 25.0 Å². The van der Waals surface area contributed by atoms with Gasteiger partial charge in [0.25, 0.3) is 17.4 Å². The van der Waals surface area contributed by atoms with E-state index in [1.54, 1.807) is 42.5 Å². The van der Waals surface area contributed by atoms with Gasteiger partial charge in [0.2, 0.25) is 0 Å². The molecule has 2 amide bonds. The molecular weight excluding hydrogens is 351 g/mol. The van der Waals surface area contributed by atoms with Crippen LogP contribution in [0, 0.1) is 5.82 Å². The molecule has 0 spiro atoms. The van der Waals surface area contributed by atoms with Gasteiger partial charge in [-0.1, -0.05) is 30.3 Å². The Hall–Kier alpha value is -2.93. The lowest BCUT2D eigenvalue weighted by molar-refractivity contribution is -0.148. The summed E-state index contributed by atoms with van der Waals surface area (Å²) in [5, 5.41) is 2.64. The van der Waals surface area contributed by atoms with Crippen LogP contribution < -0.4 is 15.0 Å². The number of halogens is 1. The summed E-state index contributed by atoms with van der Waals surface area (Å²) in [6, 6.07) is 13.1. The number of nitrogens with one attached hydrogen (secondary N) is 1. The van der Waals surface area contributed by atoms with Crippen LogP contribution in [-0.2, 0) is 20.9 Å². The van der Waals surface area contributed by atoms with Gasteiger partial charge in [-0.25, -0.2) is 4.39 Å². The first kappa shape index (κ1) is 18.8. The fourth-order valence-electron chi connectivity index (χ4n) is 2.93. The van der Waals surface area contributed by atoms with Crippen molar-refractivity contribution in [3.05, 3.63) is 59.9 Å². The maximum absolute atomic E-state index is 14.1. The van der Waals surface area contributed by atoms with E-state index in [0.29, 0.717) is 23.6 Å². The van der Waals surface area contributed by atoms with Gasteiger partial charge in [0, 0.05) is 19.2 Å². The van der Waals surface area contributed by atoms with Gasteiger partial charge in [0.05, 0.1) is 18.8 Å². The fourth-order valence-corrected chi connectivity index (χ4v) is 2.93. The molecule has 0 unspecified atom stereocenters. The van der Waals surface area contributed by atoms with E-state index in [9.17, 15) is 14.0 Å². The van der Waals surface area contributed by atoms with E-state index in [4.69, 9.17) is 9.47 Å². The number of carbonyl (C=O) groups excluding carboxylic acids is 2. The topological polar surface area (TPSA) is 67.9 Å². The molecule has 0 fully saturated rings. The lowest BCUT2D eigenvalue weighted by Gasteiger charge is -2.39. The number of hydrogen-bond donors (Lipinski definition) is 1. The minimum absolute atomic E-state index is 0.00712. The van der Waals surface area contributed by atoms with E-state index in [1.807, 2.05) is 0 Å². The van der Waals surface area contributed by atoms with Crippen LogP contribution in [0.4, 0.5) is 10.1 Å². The van der Waals surface area contributed by atoms with E-state index >= 15 is 0 Å². The third-order valence-electron chi connectivity index (χ3n) is 4.43. The summed E-state index contributed by atoms with van der Waals surface area (Å²) in [5.74, 6) is -1.16. The number of carbonyl (C=O) groups is 2. The number of fused-ring (bicyclic) bond motifs is 1. The summed E-state index contributed by atoms with van der Waals surface area (Å²) in [6.07, 6.45) is 0. The zero-order valence-corrected chi connectivity index (χ0v) is 15.2. The Labute approximate surface area is 156 Å². The molecule has 1 heterocycles. The summed E-state index contributed by atoms with van der Waals surface area (Å²) in [6.45, 7) is 1.97. The maximum atomic E-state index is 14.1. The molecule has 0 aliphatic carbocycles. The Bertz CT molecular complexity index is 857. The number of rotatable bonds is 6. The highest BCUT2D eigenvalue weighted by Crippen LogP contribution is 2.38. The highest BCUT2D eigenvalue weighted by Gasteiger charge is 2.50. The van der Waals surface area contributed by atoms with Crippen molar-refractivity contribution in [2.75, 3.05) is 25.2 Å². The number of amides is 2. The van der Waals surface area contributed by atoms with Gasteiger partial charge in [0.15, 0.2) is 0 Å². The minimum atomic E-state index is -1.76. The van der Waals surface area contributed by atoms with Crippen molar-refractivity contribution in [1.82, 2.24) is 5.32 Å². The molecule has 0 bridgehead atoms. The van der Waals surface area contributed by atoms with Crippen molar-refractivity contribution >= 4 is 17.5 Å². The summed E-state index contributed by atoms with van der Waals surface area (Å²) in [4.78, 5) is 27.2. The van der Waals surface area contributed by atoms with Gasteiger partial charge < -0.3 is 19.7 Å². The summed E-state index contributed by atoms with van der Waals surface area (Å²) in [7, 11) is 1.52. The van der Waals surface area contributed by atoms with E-state index < -0.39 is 23.2 Å². The lowest BCUT2D eigenvalue weighted by Crippen LogP contribution is -2.62. The molecule has 6 nitrogen and oxygen atoms in total. The van der Waals surface area contributed by atoms with Crippen molar-refractivity contribution in [3.63, 3.8) is 0 Å². The number of anilines is 1. The van der Waals surface area contributed by atoms with Gasteiger partial charge >= 0.3 is 0 Å². The maximum Gasteiger partial charge on any atom is 0.281 e. The monoisotopic (exact) mass is 372 g/mol. The summed E-state index contributed by atoms with van der Waals surface area (Å²) >= 11 is 0. The number of para-hydroxylation sites is 2. The molecule has 0 saturated carbocycles. The Morgan fingerprint density at radius 2 is 1.93 bits per heavy atom. The van der Waals surface area contributed by atoms with E-state index in [-0.39, 0.29) is 13.1 Å². The average molecular weight is 372 g/mol. The van der Waals surface area contributed by atoms with Crippen LogP contribution in [0.1, 0.15) is 12.5 Å². The molecule has 142 valence electrons. The van der Waals surface area contributed by atoms with Crippen molar-refractivity contribution < 1.29 is 23.5 Å². The van der Waals surface area contributed by atoms with Crippen LogP contribution >= 0.6 is 0 Å². The highest BCUT2D eigenvalue weighted by molar-refractivity contribution is 6.16. The van der Waals surface area contributed by atoms with Gasteiger partial charge in [-0.15, -0.1) is 0 Å². The molecule has 7 heteroatoms.